The predicted molar refractivity (Wildman–Crippen MR) is 163 cm³/mol. The van der Waals surface area contributed by atoms with E-state index in [1.54, 1.807) is 0 Å². The Kier molecular flexibility index (Phi) is 13.6. The summed E-state index contributed by atoms with van der Waals surface area (Å²) in [6.07, 6.45) is -17.0. The van der Waals surface area contributed by atoms with Crippen molar-refractivity contribution < 1.29 is 93.9 Å². The fourth-order valence-electron chi connectivity index (χ4n) is 5.05. The Labute approximate surface area is 289 Å². The lowest BCUT2D eigenvalue weighted by molar-refractivity contribution is -0.277. The second kappa shape index (κ2) is 17.5. The quantitative estimate of drug-likeness (QED) is 0.0793. The number of benzene rings is 2. The molecule has 1 unspecified atom stereocenters. The first-order chi connectivity index (χ1) is 24.1. The van der Waals surface area contributed by atoms with Crippen molar-refractivity contribution in [3.8, 4) is 11.5 Å². The number of carbonyl (C=O) groups excluding carboxylic acids is 2. The van der Waals surface area contributed by atoms with Crippen LogP contribution in [0.5, 0.6) is 11.5 Å². The van der Waals surface area contributed by atoms with Gasteiger partial charge in [-0.1, -0.05) is 24.3 Å². The molecule has 4 rings (SSSR count). The molecule has 11 atom stereocenters. The van der Waals surface area contributed by atoms with Crippen molar-refractivity contribution in [1.29, 1.82) is 0 Å². The summed E-state index contributed by atoms with van der Waals surface area (Å²) in [6, 6.07) is 11.4. The van der Waals surface area contributed by atoms with Crippen LogP contribution in [0, 0.1) is 0 Å². The molecular weight excluding hydrogens is 688 g/mol. The van der Waals surface area contributed by atoms with Crippen LogP contribution in [0.25, 0.3) is 0 Å². The van der Waals surface area contributed by atoms with Crippen LogP contribution in [0.15, 0.2) is 48.5 Å². The van der Waals surface area contributed by atoms with Crippen LogP contribution in [-0.4, -0.2) is 149 Å². The van der Waals surface area contributed by atoms with Gasteiger partial charge in [-0.3, -0.25) is 9.59 Å². The molecule has 0 radical (unpaired) electrons. The zero-order valence-electron chi connectivity index (χ0n) is 26.8. The lowest BCUT2D eigenvalue weighted by Gasteiger charge is -2.39. The van der Waals surface area contributed by atoms with Crippen molar-refractivity contribution >= 4 is 17.9 Å². The topological polar surface area (TPSA) is 309 Å². The molecule has 2 aliphatic rings. The highest BCUT2D eigenvalue weighted by Crippen LogP contribution is 2.27. The van der Waals surface area contributed by atoms with Gasteiger partial charge in [0.1, 0.15) is 73.5 Å². The highest BCUT2D eigenvalue weighted by molar-refractivity contribution is 5.89. The zero-order valence-corrected chi connectivity index (χ0v) is 26.8. The molecule has 2 aromatic rings. The third kappa shape index (κ3) is 10.1. The van der Waals surface area contributed by atoms with Crippen LogP contribution in [0.4, 0.5) is 0 Å². The molecule has 19 nitrogen and oxygen atoms in total. The Hall–Kier alpha value is -3.99. The molecule has 0 aliphatic carbocycles. The van der Waals surface area contributed by atoms with Gasteiger partial charge in [-0.2, -0.15) is 0 Å². The maximum absolute atomic E-state index is 12.4. The largest absolute Gasteiger partial charge is 0.479 e. The molecule has 282 valence electrons. The summed E-state index contributed by atoms with van der Waals surface area (Å²) in [4.78, 5) is 36.7. The fraction of sp³-hybridized carbons (Fsp3) is 0.531. The smallest absolute Gasteiger partial charge is 0.336 e. The maximum atomic E-state index is 12.4. The van der Waals surface area contributed by atoms with Crippen molar-refractivity contribution in [2.24, 2.45) is 0 Å². The lowest BCUT2D eigenvalue weighted by atomic mass is 9.96. The van der Waals surface area contributed by atoms with Gasteiger partial charge in [-0.15, -0.1) is 0 Å². The summed E-state index contributed by atoms with van der Waals surface area (Å²) in [5.74, 6) is -3.88. The van der Waals surface area contributed by atoms with Crippen molar-refractivity contribution in [2.45, 2.75) is 93.1 Å². The van der Waals surface area contributed by atoms with E-state index in [1.165, 1.54) is 48.5 Å². The van der Waals surface area contributed by atoms with Gasteiger partial charge in [-0.25, -0.2) is 4.79 Å². The Bertz CT molecular complexity index is 1350. The number of aliphatic hydroxyl groups is 9. The number of ether oxygens (including phenoxy) is 6. The minimum Gasteiger partial charge on any atom is -0.479 e. The summed E-state index contributed by atoms with van der Waals surface area (Å²) in [5.41, 5.74) is -2.07. The van der Waals surface area contributed by atoms with Gasteiger partial charge >= 0.3 is 17.9 Å². The predicted octanol–water partition coefficient (Wildman–Crippen LogP) is -3.57. The molecular formula is C32H40O19. The number of aliphatic hydroxyl groups excluding tert-OH is 8. The standard InChI is InChI=1S/C32H40O19/c33-11-19-23(37)25(39)27(41)29(50-19)48-17-5-1-15(2-6-17)13-46-21(35)9-32(45,31(43)44)10-22(36)47-14-16-3-7-18(8-4-16)49-30-28(42)26(40)24(38)20(12-34)51-30/h1-8,19-20,23-30,33-34,37-42,45H,9-14H2,(H,43,44)/t19-,20-,23-,24-,25+,26+,27-,28-,29-,30+,32?/m1/s1. The third-order valence-corrected chi connectivity index (χ3v) is 8.12. The number of aliphatic carboxylic acids is 1. The van der Waals surface area contributed by atoms with Crippen LogP contribution in [0.2, 0.25) is 0 Å². The van der Waals surface area contributed by atoms with Gasteiger partial charge in [-0.05, 0) is 35.4 Å². The molecule has 19 heteroatoms. The number of carbonyl (C=O) groups is 3. The van der Waals surface area contributed by atoms with Gasteiger partial charge in [0.25, 0.3) is 0 Å². The SMILES string of the molecule is O=C(CC(O)(CC(=O)OCc1ccc(O[C@H]2O[C@H](CO)[C@@H](O)[C@H](O)[C@H]2O)cc1)C(=O)O)OCc1ccc(O[C@@H]2O[C@H](CO)[C@@H](O)[C@H](O)[C@H]2O)cc1. The summed E-state index contributed by atoms with van der Waals surface area (Å²) < 4.78 is 31.6. The molecule has 2 heterocycles. The molecule has 10 N–H and O–H groups in total. The summed E-state index contributed by atoms with van der Waals surface area (Å²) in [6.45, 7) is -2.01. The number of hydrogen-bond acceptors (Lipinski definition) is 18. The van der Waals surface area contributed by atoms with E-state index in [-0.39, 0.29) is 24.7 Å². The number of carboxylic acids is 1. The van der Waals surface area contributed by atoms with Crippen LogP contribution in [-0.2, 0) is 46.5 Å². The number of hydrogen-bond donors (Lipinski definition) is 10. The minimum absolute atomic E-state index is 0.144. The Morgan fingerprint density at radius 3 is 1.25 bits per heavy atom. The first-order valence-corrected chi connectivity index (χ1v) is 15.5. The molecule has 2 fully saturated rings. The van der Waals surface area contributed by atoms with Crippen LogP contribution < -0.4 is 9.47 Å². The normalized spacial score (nSPS) is 30.5. The average Bonchev–Trinajstić information content (AvgIpc) is 3.11. The van der Waals surface area contributed by atoms with Gasteiger partial charge in [0, 0.05) is 0 Å². The van der Waals surface area contributed by atoms with E-state index >= 15 is 0 Å². The molecule has 0 aromatic heterocycles. The summed E-state index contributed by atoms with van der Waals surface area (Å²) in [7, 11) is 0. The first-order valence-electron chi connectivity index (χ1n) is 15.5. The molecule has 0 spiro atoms. The van der Waals surface area contributed by atoms with Gasteiger partial charge in [0.2, 0.25) is 12.6 Å². The van der Waals surface area contributed by atoms with Crippen LogP contribution >= 0.6 is 0 Å². The Morgan fingerprint density at radius 1 is 0.588 bits per heavy atom. The second-order valence-electron chi connectivity index (χ2n) is 11.9. The number of rotatable bonds is 15. The Balaban J connectivity index is 1.23. The number of esters is 2. The molecule has 2 aliphatic heterocycles. The van der Waals surface area contributed by atoms with Crippen molar-refractivity contribution in [2.75, 3.05) is 13.2 Å². The molecule has 0 saturated carbocycles. The summed E-state index contributed by atoms with van der Waals surface area (Å²) >= 11 is 0. The van der Waals surface area contributed by atoms with E-state index < -0.39 is 111 Å². The fourth-order valence-corrected chi connectivity index (χ4v) is 5.05. The molecule has 51 heavy (non-hydrogen) atoms. The monoisotopic (exact) mass is 728 g/mol. The minimum atomic E-state index is -2.86. The molecule has 2 saturated heterocycles. The highest BCUT2D eigenvalue weighted by atomic mass is 16.7. The van der Waals surface area contributed by atoms with E-state index in [4.69, 9.17) is 28.4 Å². The lowest BCUT2D eigenvalue weighted by Crippen LogP contribution is -2.60. The van der Waals surface area contributed by atoms with Gasteiger partial charge < -0.3 is 79.5 Å². The van der Waals surface area contributed by atoms with E-state index in [9.17, 15) is 65.4 Å². The highest BCUT2D eigenvalue weighted by Gasteiger charge is 2.46. The summed E-state index contributed by atoms with van der Waals surface area (Å²) in [5, 5.41) is 98.5. The van der Waals surface area contributed by atoms with E-state index in [1.807, 2.05) is 0 Å². The third-order valence-electron chi connectivity index (χ3n) is 8.12. The zero-order chi connectivity index (χ0) is 37.5. The van der Waals surface area contributed by atoms with Crippen LogP contribution in [0.1, 0.15) is 24.0 Å². The van der Waals surface area contributed by atoms with Crippen LogP contribution in [0.3, 0.4) is 0 Å². The number of carboxylic acid groups (broad SMARTS) is 1. The first kappa shape index (κ1) is 39.8. The second-order valence-corrected chi connectivity index (χ2v) is 11.9. The molecule has 2 aromatic carbocycles. The maximum Gasteiger partial charge on any atom is 0.336 e. The molecule has 0 bridgehead atoms. The van der Waals surface area contributed by atoms with Crippen molar-refractivity contribution in [1.82, 2.24) is 0 Å². The van der Waals surface area contributed by atoms with E-state index in [0.29, 0.717) is 11.1 Å². The van der Waals surface area contributed by atoms with E-state index in [2.05, 4.69) is 0 Å². The van der Waals surface area contributed by atoms with Crippen molar-refractivity contribution in [3.05, 3.63) is 59.7 Å². The Morgan fingerprint density at radius 2 is 0.941 bits per heavy atom. The van der Waals surface area contributed by atoms with E-state index in [0.717, 1.165) is 0 Å². The van der Waals surface area contributed by atoms with Gasteiger partial charge in [0.05, 0.1) is 26.1 Å². The molecule has 0 amide bonds. The average molecular weight is 729 g/mol. The van der Waals surface area contributed by atoms with Crippen molar-refractivity contribution in [3.63, 3.8) is 0 Å². The van der Waals surface area contributed by atoms with Gasteiger partial charge in [0.15, 0.2) is 5.60 Å².